The van der Waals surface area contributed by atoms with Crippen LogP contribution in [-0.2, 0) is 9.47 Å². The SMILES string of the molecule is CC(C)OCCOCCCC(C)(C)N. The number of hydrogen-bond acceptors (Lipinski definition) is 3. The van der Waals surface area contributed by atoms with E-state index in [-0.39, 0.29) is 5.54 Å². The van der Waals surface area contributed by atoms with Gasteiger partial charge >= 0.3 is 0 Å². The third-order valence-electron chi connectivity index (χ3n) is 1.79. The molecule has 0 heterocycles. The molecule has 0 amide bonds. The summed E-state index contributed by atoms with van der Waals surface area (Å²) in [5, 5.41) is 0. The van der Waals surface area contributed by atoms with E-state index in [4.69, 9.17) is 15.2 Å². The second kappa shape index (κ2) is 7.21. The van der Waals surface area contributed by atoms with Crippen LogP contribution < -0.4 is 5.73 Å². The van der Waals surface area contributed by atoms with Gasteiger partial charge in [-0.3, -0.25) is 0 Å². The summed E-state index contributed by atoms with van der Waals surface area (Å²) in [6.07, 6.45) is 2.31. The Balaban J connectivity index is 3.07. The first kappa shape index (κ1) is 13.9. The van der Waals surface area contributed by atoms with Crippen molar-refractivity contribution in [2.24, 2.45) is 5.73 Å². The van der Waals surface area contributed by atoms with Gasteiger partial charge in [-0.25, -0.2) is 0 Å². The van der Waals surface area contributed by atoms with E-state index >= 15 is 0 Å². The summed E-state index contributed by atoms with van der Waals surface area (Å²) in [7, 11) is 0. The fraction of sp³-hybridized carbons (Fsp3) is 1.00. The normalized spacial score (nSPS) is 12.4. The average molecular weight is 203 g/mol. The van der Waals surface area contributed by atoms with Gasteiger partial charge in [0.1, 0.15) is 0 Å². The van der Waals surface area contributed by atoms with Crippen LogP contribution in [0.4, 0.5) is 0 Å². The summed E-state index contributed by atoms with van der Waals surface area (Å²) in [5.41, 5.74) is 5.76. The molecule has 0 atom stereocenters. The molecule has 0 bridgehead atoms. The molecule has 0 aliphatic rings. The number of rotatable bonds is 8. The van der Waals surface area contributed by atoms with E-state index in [9.17, 15) is 0 Å². The molecular weight excluding hydrogens is 178 g/mol. The predicted octanol–water partition coefficient (Wildman–Crippen LogP) is 1.95. The van der Waals surface area contributed by atoms with Crippen LogP contribution >= 0.6 is 0 Å². The summed E-state index contributed by atoms with van der Waals surface area (Å²) in [4.78, 5) is 0. The maximum absolute atomic E-state index is 5.84. The van der Waals surface area contributed by atoms with Gasteiger partial charge in [0.15, 0.2) is 0 Å². The van der Waals surface area contributed by atoms with Gasteiger partial charge in [-0.05, 0) is 40.5 Å². The quantitative estimate of drug-likeness (QED) is 0.613. The first-order valence-corrected chi connectivity index (χ1v) is 5.40. The monoisotopic (exact) mass is 203 g/mol. The van der Waals surface area contributed by atoms with Gasteiger partial charge in [-0.15, -0.1) is 0 Å². The maximum Gasteiger partial charge on any atom is 0.0703 e. The Morgan fingerprint density at radius 3 is 2.29 bits per heavy atom. The van der Waals surface area contributed by atoms with Crippen LogP contribution in [0.3, 0.4) is 0 Å². The van der Waals surface area contributed by atoms with Crippen LogP contribution in [0, 0.1) is 0 Å². The molecule has 86 valence electrons. The lowest BCUT2D eigenvalue weighted by Crippen LogP contribution is -2.31. The Hall–Kier alpha value is -0.120. The Bertz CT molecular complexity index is 130. The zero-order chi connectivity index (χ0) is 11.0. The lowest BCUT2D eigenvalue weighted by Gasteiger charge is -2.17. The van der Waals surface area contributed by atoms with Crippen LogP contribution in [0.25, 0.3) is 0 Å². The molecule has 3 heteroatoms. The third-order valence-corrected chi connectivity index (χ3v) is 1.79. The van der Waals surface area contributed by atoms with E-state index in [1.165, 1.54) is 0 Å². The fourth-order valence-corrected chi connectivity index (χ4v) is 1.07. The van der Waals surface area contributed by atoms with Crippen molar-refractivity contribution in [3.05, 3.63) is 0 Å². The van der Waals surface area contributed by atoms with Crippen molar-refractivity contribution < 1.29 is 9.47 Å². The summed E-state index contributed by atoms with van der Waals surface area (Å²) in [5.74, 6) is 0. The Morgan fingerprint density at radius 2 is 1.79 bits per heavy atom. The van der Waals surface area contributed by atoms with Crippen molar-refractivity contribution in [1.29, 1.82) is 0 Å². The summed E-state index contributed by atoms with van der Waals surface area (Å²) in [6, 6.07) is 0. The lowest BCUT2D eigenvalue weighted by molar-refractivity contribution is 0.0180. The highest BCUT2D eigenvalue weighted by atomic mass is 16.5. The molecule has 0 aliphatic carbocycles. The molecule has 0 spiro atoms. The smallest absolute Gasteiger partial charge is 0.0703 e. The minimum atomic E-state index is -0.0716. The molecule has 0 aromatic heterocycles. The Labute approximate surface area is 88.0 Å². The summed E-state index contributed by atoms with van der Waals surface area (Å²) < 4.78 is 10.7. The second-order valence-corrected chi connectivity index (χ2v) is 4.62. The Morgan fingerprint density at radius 1 is 1.14 bits per heavy atom. The number of hydrogen-bond donors (Lipinski definition) is 1. The van der Waals surface area contributed by atoms with Crippen molar-refractivity contribution in [2.45, 2.75) is 52.2 Å². The van der Waals surface area contributed by atoms with Crippen molar-refractivity contribution in [1.82, 2.24) is 0 Å². The second-order valence-electron chi connectivity index (χ2n) is 4.62. The molecule has 0 rings (SSSR count). The van der Waals surface area contributed by atoms with E-state index in [1.54, 1.807) is 0 Å². The van der Waals surface area contributed by atoms with Gasteiger partial charge in [0.2, 0.25) is 0 Å². The van der Waals surface area contributed by atoms with E-state index < -0.39 is 0 Å². The molecule has 0 saturated heterocycles. The molecule has 0 aliphatic heterocycles. The van der Waals surface area contributed by atoms with Crippen molar-refractivity contribution in [2.75, 3.05) is 19.8 Å². The molecule has 0 radical (unpaired) electrons. The van der Waals surface area contributed by atoms with Crippen LogP contribution in [0.5, 0.6) is 0 Å². The van der Waals surface area contributed by atoms with Crippen LogP contribution in [0.1, 0.15) is 40.5 Å². The predicted molar refractivity (Wildman–Crippen MR) is 59.4 cm³/mol. The standard InChI is InChI=1S/C11H25NO2/c1-10(2)14-9-8-13-7-5-6-11(3,4)12/h10H,5-9,12H2,1-4H3. The molecule has 0 fully saturated rings. The number of nitrogens with two attached hydrogens (primary N) is 1. The molecular formula is C11H25NO2. The first-order valence-electron chi connectivity index (χ1n) is 5.40. The first-order chi connectivity index (χ1) is 6.42. The maximum atomic E-state index is 5.84. The highest BCUT2D eigenvalue weighted by Gasteiger charge is 2.08. The molecule has 3 nitrogen and oxygen atoms in total. The van der Waals surface area contributed by atoms with E-state index in [1.807, 2.05) is 27.7 Å². The molecule has 2 N–H and O–H groups in total. The topological polar surface area (TPSA) is 44.5 Å². The van der Waals surface area contributed by atoms with Gasteiger partial charge in [-0.2, -0.15) is 0 Å². The van der Waals surface area contributed by atoms with E-state index in [2.05, 4.69) is 0 Å². The van der Waals surface area contributed by atoms with Gasteiger partial charge in [0.25, 0.3) is 0 Å². The zero-order valence-electron chi connectivity index (χ0n) is 10.0. The van der Waals surface area contributed by atoms with Crippen LogP contribution in [0.2, 0.25) is 0 Å². The molecule has 0 unspecified atom stereocenters. The molecule has 0 aromatic carbocycles. The fourth-order valence-electron chi connectivity index (χ4n) is 1.07. The van der Waals surface area contributed by atoms with Gasteiger partial charge in [0.05, 0.1) is 19.3 Å². The molecule has 0 aromatic rings. The van der Waals surface area contributed by atoms with Crippen molar-refractivity contribution >= 4 is 0 Å². The van der Waals surface area contributed by atoms with Crippen molar-refractivity contribution in [3.63, 3.8) is 0 Å². The molecule has 0 saturated carbocycles. The Kier molecular flexibility index (Phi) is 7.15. The highest BCUT2D eigenvalue weighted by molar-refractivity contribution is 4.70. The van der Waals surface area contributed by atoms with Crippen molar-refractivity contribution in [3.8, 4) is 0 Å². The van der Waals surface area contributed by atoms with Crippen LogP contribution in [-0.4, -0.2) is 31.5 Å². The van der Waals surface area contributed by atoms with E-state index in [0.29, 0.717) is 19.3 Å². The third kappa shape index (κ3) is 11.9. The van der Waals surface area contributed by atoms with Gasteiger partial charge in [-0.1, -0.05) is 0 Å². The number of ether oxygens (including phenoxy) is 2. The van der Waals surface area contributed by atoms with E-state index in [0.717, 1.165) is 19.4 Å². The van der Waals surface area contributed by atoms with Gasteiger partial charge in [0, 0.05) is 12.1 Å². The zero-order valence-corrected chi connectivity index (χ0v) is 10.0. The van der Waals surface area contributed by atoms with Gasteiger partial charge < -0.3 is 15.2 Å². The average Bonchev–Trinajstić information content (AvgIpc) is 2.00. The largest absolute Gasteiger partial charge is 0.379 e. The van der Waals surface area contributed by atoms with Crippen LogP contribution in [0.15, 0.2) is 0 Å². The summed E-state index contributed by atoms with van der Waals surface area (Å²) >= 11 is 0. The summed E-state index contributed by atoms with van der Waals surface area (Å²) in [6.45, 7) is 10.3. The minimum absolute atomic E-state index is 0.0716. The minimum Gasteiger partial charge on any atom is -0.379 e. The highest BCUT2D eigenvalue weighted by Crippen LogP contribution is 2.06. The lowest BCUT2D eigenvalue weighted by atomic mass is 10.0. The molecule has 14 heavy (non-hydrogen) atoms.